The lowest BCUT2D eigenvalue weighted by Crippen LogP contribution is -2.18. The zero-order valence-electron chi connectivity index (χ0n) is 9.11. The second kappa shape index (κ2) is 3.37. The molecule has 15 heavy (non-hydrogen) atoms. The van der Waals surface area contributed by atoms with E-state index in [0.717, 1.165) is 6.42 Å². The average molecular weight is 200 g/mol. The molecule has 2 aromatic rings. The van der Waals surface area contributed by atoms with Gasteiger partial charge in [-0.25, -0.2) is 0 Å². The van der Waals surface area contributed by atoms with Crippen LogP contribution in [0.2, 0.25) is 0 Å². The third kappa shape index (κ3) is 1.28. The van der Waals surface area contributed by atoms with Crippen LogP contribution in [0, 0.1) is 0 Å². The second-order valence-corrected chi connectivity index (χ2v) is 4.35. The average Bonchev–Trinajstić information content (AvgIpc) is 2.55. The summed E-state index contributed by atoms with van der Waals surface area (Å²) in [6.45, 7) is 2.18. The molecule has 0 saturated heterocycles. The quantitative estimate of drug-likeness (QED) is 0.727. The highest BCUT2D eigenvalue weighted by Gasteiger charge is 2.22. The van der Waals surface area contributed by atoms with Crippen molar-refractivity contribution in [2.24, 2.45) is 0 Å². The standard InChI is InChI=1S/C13H16N2/c1-2-12-11-8-3-4-9-13(11)15(14-12)10-6-5-7-10/h3-4,8-10H,2,5-7H2,1H3. The lowest BCUT2D eigenvalue weighted by molar-refractivity contribution is 0.296. The Morgan fingerprint density at radius 3 is 2.80 bits per heavy atom. The molecular formula is C13H16N2. The molecule has 1 aliphatic carbocycles. The van der Waals surface area contributed by atoms with Crippen LogP contribution in [0.5, 0.6) is 0 Å². The van der Waals surface area contributed by atoms with Crippen LogP contribution in [0.4, 0.5) is 0 Å². The predicted molar refractivity (Wildman–Crippen MR) is 62.0 cm³/mol. The predicted octanol–water partition coefficient (Wildman–Crippen LogP) is 3.32. The lowest BCUT2D eigenvalue weighted by Gasteiger charge is -2.26. The Kier molecular flexibility index (Phi) is 2.01. The summed E-state index contributed by atoms with van der Waals surface area (Å²) < 4.78 is 2.25. The van der Waals surface area contributed by atoms with Gasteiger partial charge in [-0.3, -0.25) is 4.68 Å². The van der Waals surface area contributed by atoms with E-state index in [1.54, 1.807) is 0 Å². The van der Waals surface area contributed by atoms with E-state index in [4.69, 9.17) is 5.10 Å². The highest BCUT2D eigenvalue weighted by Crippen LogP contribution is 2.34. The Hall–Kier alpha value is -1.31. The Balaban J connectivity index is 2.20. The van der Waals surface area contributed by atoms with Crippen molar-refractivity contribution in [1.29, 1.82) is 0 Å². The Morgan fingerprint density at radius 2 is 2.13 bits per heavy atom. The van der Waals surface area contributed by atoms with E-state index >= 15 is 0 Å². The van der Waals surface area contributed by atoms with E-state index in [0.29, 0.717) is 6.04 Å². The maximum atomic E-state index is 4.75. The first-order valence-electron chi connectivity index (χ1n) is 5.86. The monoisotopic (exact) mass is 200 g/mol. The summed E-state index contributed by atoms with van der Waals surface area (Å²) in [4.78, 5) is 0. The van der Waals surface area contributed by atoms with E-state index in [9.17, 15) is 0 Å². The van der Waals surface area contributed by atoms with Crippen molar-refractivity contribution in [2.45, 2.75) is 38.6 Å². The minimum Gasteiger partial charge on any atom is -0.262 e. The van der Waals surface area contributed by atoms with Gasteiger partial charge >= 0.3 is 0 Å². The Morgan fingerprint density at radius 1 is 1.33 bits per heavy atom. The fraction of sp³-hybridized carbons (Fsp3) is 0.462. The Bertz CT molecular complexity index is 480. The third-order valence-electron chi connectivity index (χ3n) is 3.45. The van der Waals surface area contributed by atoms with Gasteiger partial charge < -0.3 is 0 Å². The number of rotatable bonds is 2. The maximum Gasteiger partial charge on any atom is 0.0700 e. The van der Waals surface area contributed by atoms with Crippen molar-refractivity contribution in [3.63, 3.8) is 0 Å². The highest BCUT2D eigenvalue weighted by molar-refractivity contribution is 5.82. The number of nitrogens with zero attached hydrogens (tertiary/aromatic N) is 2. The molecule has 0 bridgehead atoms. The number of fused-ring (bicyclic) bond motifs is 1. The van der Waals surface area contributed by atoms with Gasteiger partial charge in [0.05, 0.1) is 17.3 Å². The largest absolute Gasteiger partial charge is 0.262 e. The van der Waals surface area contributed by atoms with Crippen LogP contribution in [-0.4, -0.2) is 9.78 Å². The molecule has 0 spiro atoms. The molecule has 2 heteroatoms. The lowest BCUT2D eigenvalue weighted by atomic mass is 9.93. The minimum atomic E-state index is 0.662. The second-order valence-electron chi connectivity index (χ2n) is 4.35. The van der Waals surface area contributed by atoms with Crippen LogP contribution in [0.25, 0.3) is 10.9 Å². The van der Waals surface area contributed by atoms with Gasteiger partial charge in [0, 0.05) is 5.39 Å². The first kappa shape index (κ1) is 8.96. The number of benzene rings is 1. The van der Waals surface area contributed by atoms with E-state index in [2.05, 4.69) is 35.9 Å². The van der Waals surface area contributed by atoms with Crippen molar-refractivity contribution in [2.75, 3.05) is 0 Å². The van der Waals surface area contributed by atoms with Crippen LogP contribution in [0.3, 0.4) is 0 Å². The molecule has 0 atom stereocenters. The molecule has 1 fully saturated rings. The van der Waals surface area contributed by atoms with Gasteiger partial charge in [0.2, 0.25) is 0 Å². The van der Waals surface area contributed by atoms with E-state index in [1.807, 2.05) is 0 Å². The molecule has 78 valence electrons. The summed E-state index contributed by atoms with van der Waals surface area (Å²) >= 11 is 0. The Labute approximate surface area is 89.9 Å². The van der Waals surface area contributed by atoms with Gasteiger partial charge in [0.1, 0.15) is 0 Å². The molecular weight excluding hydrogens is 184 g/mol. The van der Waals surface area contributed by atoms with E-state index < -0.39 is 0 Å². The molecule has 0 aliphatic heterocycles. The summed E-state index contributed by atoms with van der Waals surface area (Å²) in [5, 5.41) is 6.09. The van der Waals surface area contributed by atoms with Gasteiger partial charge in [-0.05, 0) is 31.7 Å². The molecule has 0 N–H and O–H groups in total. The first-order chi connectivity index (χ1) is 7.40. The van der Waals surface area contributed by atoms with E-state index in [-0.39, 0.29) is 0 Å². The summed E-state index contributed by atoms with van der Waals surface area (Å²) in [5.74, 6) is 0. The molecule has 0 unspecified atom stereocenters. The topological polar surface area (TPSA) is 17.8 Å². The number of hydrogen-bond acceptors (Lipinski definition) is 1. The van der Waals surface area contributed by atoms with Gasteiger partial charge in [-0.1, -0.05) is 25.1 Å². The molecule has 0 amide bonds. The molecule has 1 aliphatic rings. The maximum absolute atomic E-state index is 4.75. The van der Waals surface area contributed by atoms with Crippen LogP contribution in [0.15, 0.2) is 24.3 Å². The van der Waals surface area contributed by atoms with Crippen LogP contribution < -0.4 is 0 Å². The summed E-state index contributed by atoms with van der Waals surface area (Å²) in [6, 6.07) is 9.26. The zero-order valence-corrected chi connectivity index (χ0v) is 9.11. The first-order valence-corrected chi connectivity index (χ1v) is 5.86. The van der Waals surface area contributed by atoms with Gasteiger partial charge in [0.15, 0.2) is 0 Å². The van der Waals surface area contributed by atoms with E-state index in [1.165, 1.54) is 35.9 Å². The molecule has 0 radical (unpaired) electrons. The fourth-order valence-corrected chi connectivity index (χ4v) is 2.33. The third-order valence-corrected chi connectivity index (χ3v) is 3.45. The van der Waals surface area contributed by atoms with Crippen LogP contribution >= 0.6 is 0 Å². The molecule has 1 aromatic carbocycles. The van der Waals surface area contributed by atoms with Crippen LogP contribution in [-0.2, 0) is 6.42 Å². The van der Waals surface area contributed by atoms with Crippen molar-refractivity contribution in [3.05, 3.63) is 30.0 Å². The summed E-state index contributed by atoms with van der Waals surface area (Å²) in [6.07, 6.45) is 4.99. The fourth-order valence-electron chi connectivity index (χ4n) is 2.33. The number of hydrogen-bond donors (Lipinski definition) is 0. The minimum absolute atomic E-state index is 0.662. The van der Waals surface area contributed by atoms with Gasteiger partial charge in [0.25, 0.3) is 0 Å². The summed E-state index contributed by atoms with van der Waals surface area (Å²) in [5.41, 5.74) is 2.57. The SMILES string of the molecule is CCc1nn(C2CCC2)c2ccccc12. The smallest absolute Gasteiger partial charge is 0.0700 e. The molecule has 2 nitrogen and oxygen atoms in total. The van der Waals surface area contributed by atoms with Crippen molar-refractivity contribution >= 4 is 10.9 Å². The number of para-hydroxylation sites is 1. The normalized spacial score (nSPS) is 16.9. The summed E-state index contributed by atoms with van der Waals surface area (Å²) in [7, 11) is 0. The number of aryl methyl sites for hydroxylation is 1. The zero-order chi connectivity index (χ0) is 10.3. The number of aromatic nitrogens is 2. The van der Waals surface area contributed by atoms with Crippen molar-refractivity contribution in [1.82, 2.24) is 9.78 Å². The van der Waals surface area contributed by atoms with Crippen molar-refractivity contribution < 1.29 is 0 Å². The van der Waals surface area contributed by atoms with Crippen molar-refractivity contribution in [3.8, 4) is 0 Å². The van der Waals surface area contributed by atoms with Gasteiger partial charge in [-0.15, -0.1) is 0 Å². The molecule has 1 saturated carbocycles. The van der Waals surface area contributed by atoms with Crippen LogP contribution in [0.1, 0.15) is 37.9 Å². The highest BCUT2D eigenvalue weighted by atomic mass is 15.3. The molecule has 1 heterocycles. The van der Waals surface area contributed by atoms with Gasteiger partial charge in [-0.2, -0.15) is 5.10 Å². The molecule has 3 rings (SSSR count). The molecule has 1 aromatic heterocycles.